The van der Waals surface area contributed by atoms with Crippen molar-refractivity contribution in [1.29, 1.82) is 0 Å². The van der Waals surface area contributed by atoms with Crippen LogP contribution < -0.4 is 5.32 Å². The third kappa shape index (κ3) is 4.58. The summed E-state index contributed by atoms with van der Waals surface area (Å²) in [4.78, 5) is 12.8. The van der Waals surface area contributed by atoms with Gasteiger partial charge in [0.25, 0.3) is 0 Å². The second-order valence-corrected chi connectivity index (χ2v) is 5.85. The maximum Gasteiger partial charge on any atom is 0.411 e. The van der Waals surface area contributed by atoms with Crippen molar-refractivity contribution in [2.75, 3.05) is 11.6 Å². The smallest absolute Gasteiger partial charge is 0.411 e. The topological polar surface area (TPSA) is 38.3 Å². The van der Waals surface area contributed by atoms with Gasteiger partial charge in [-0.3, -0.25) is 5.32 Å². The molecule has 0 saturated carbocycles. The molecule has 0 atom stereocenters. The molecule has 0 aliphatic heterocycles. The van der Waals surface area contributed by atoms with E-state index in [1.807, 2.05) is 54.8 Å². The summed E-state index contributed by atoms with van der Waals surface area (Å²) >= 11 is 5.02. The van der Waals surface area contributed by atoms with E-state index in [9.17, 15) is 4.79 Å². The van der Waals surface area contributed by atoms with E-state index < -0.39 is 6.09 Å². The highest BCUT2D eigenvalue weighted by Crippen LogP contribution is 2.17. The number of hydrogen-bond acceptors (Lipinski definition) is 3. The predicted molar refractivity (Wildman–Crippen MR) is 86.2 cm³/mol. The third-order valence-electron chi connectivity index (χ3n) is 2.62. The van der Waals surface area contributed by atoms with E-state index >= 15 is 0 Å². The van der Waals surface area contributed by atoms with Gasteiger partial charge in [-0.2, -0.15) is 0 Å². The van der Waals surface area contributed by atoms with E-state index in [1.54, 1.807) is 11.8 Å². The molecular formula is C15H14BrNO2S. The fourth-order valence-corrected chi connectivity index (χ4v) is 2.23. The summed E-state index contributed by atoms with van der Waals surface area (Å²) in [6.07, 6.45) is 1.55. The first-order chi connectivity index (χ1) is 9.67. The fourth-order valence-electron chi connectivity index (χ4n) is 1.56. The van der Waals surface area contributed by atoms with Gasteiger partial charge >= 0.3 is 6.09 Å². The molecule has 0 radical (unpaired) electrons. The number of carbonyl (C=O) groups excluding carboxylic acids is 1. The molecule has 1 amide bonds. The monoisotopic (exact) mass is 351 g/mol. The van der Waals surface area contributed by atoms with Crippen molar-refractivity contribution in [3.8, 4) is 0 Å². The molecule has 0 bridgehead atoms. The Kier molecular flexibility index (Phi) is 5.49. The molecule has 0 spiro atoms. The molecule has 0 fully saturated rings. The van der Waals surface area contributed by atoms with Gasteiger partial charge in [0.15, 0.2) is 0 Å². The minimum atomic E-state index is -0.454. The molecule has 0 unspecified atom stereocenters. The highest BCUT2D eigenvalue weighted by molar-refractivity contribution is 9.10. The van der Waals surface area contributed by atoms with Crippen LogP contribution in [0.25, 0.3) is 0 Å². The molecular weight excluding hydrogens is 338 g/mol. The predicted octanol–water partition coefficient (Wildman–Crippen LogP) is 4.92. The maximum absolute atomic E-state index is 11.7. The van der Waals surface area contributed by atoms with Gasteiger partial charge in [-0.05, 0) is 48.2 Å². The molecule has 2 aromatic carbocycles. The average Bonchev–Trinajstić information content (AvgIpc) is 2.47. The quantitative estimate of drug-likeness (QED) is 0.794. The number of benzene rings is 2. The van der Waals surface area contributed by atoms with Gasteiger partial charge in [0.2, 0.25) is 0 Å². The molecule has 0 heterocycles. The van der Waals surface area contributed by atoms with Crippen LogP contribution in [0.1, 0.15) is 5.56 Å². The van der Waals surface area contributed by atoms with E-state index in [-0.39, 0.29) is 6.61 Å². The van der Waals surface area contributed by atoms with E-state index in [1.165, 1.54) is 0 Å². The molecule has 0 aliphatic rings. The lowest BCUT2D eigenvalue weighted by Gasteiger charge is -2.07. The SMILES string of the molecule is CSc1ccc(NC(=O)OCc2ccc(Br)cc2)cc1. The Morgan fingerprint density at radius 2 is 1.80 bits per heavy atom. The van der Waals surface area contributed by atoms with Crippen LogP contribution in [-0.4, -0.2) is 12.3 Å². The molecule has 1 N–H and O–H groups in total. The Morgan fingerprint density at radius 3 is 2.40 bits per heavy atom. The number of anilines is 1. The molecule has 2 rings (SSSR count). The minimum Gasteiger partial charge on any atom is -0.444 e. The zero-order chi connectivity index (χ0) is 14.4. The molecule has 104 valence electrons. The zero-order valence-corrected chi connectivity index (χ0v) is 13.3. The normalized spacial score (nSPS) is 10.1. The van der Waals surface area contributed by atoms with E-state index in [0.717, 1.165) is 20.6 Å². The first kappa shape index (κ1) is 14.9. The van der Waals surface area contributed by atoms with Crippen LogP contribution in [0.3, 0.4) is 0 Å². The summed E-state index contributed by atoms with van der Waals surface area (Å²) in [5, 5.41) is 2.70. The number of nitrogens with one attached hydrogen (secondary N) is 1. The van der Waals surface area contributed by atoms with Gasteiger partial charge < -0.3 is 4.74 Å². The molecule has 5 heteroatoms. The summed E-state index contributed by atoms with van der Waals surface area (Å²) < 4.78 is 6.16. The second kappa shape index (κ2) is 7.36. The molecule has 3 nitrogen and oxygen atoms in total. The van der Waals surface area contributed by atoms with E-state index in [0.29, 0.717) is 0 Å². The zero-order valence-electron chi connectivity index (χ0n) is 10.9. The van der Waals surface area contributed by atoms with Crippen molar-refractivity contribution in [2.45, 2.75) is 11.5 Å². The van der Waals surface area contributed by atoms with E-state index in [4.69, 9.17) is 4.74 Å². The second-order valence-electron chi connectivity index (χ2n) is 4.06. The molecule has 0 aromatic heterocycles. The highest BCUT2D eigenvalue weighted by Gasteiger charge is 2.03. The van der Waals surface area contributed by atoms with Crippen molar-refractivity contribution in [3.63, 3.8) is 0 Å². The molecule has 0 saturated heterocycles. The third-order valence-corrected chi connectivity index (χ3v) is 3.89. The standard InChI is InChI=1S/C15H14BrNO2S/c1-20-14-8-6-13(7-9-14)17-15(18)19-10-11-2-4-12(16)5-3-11/h2-9H,10H2,1H3,(H,17,18). The number of halogens is 1. The maximum atomic E-state index is 11.7. The molecule has 2 aromatic rings. The largest absolute Gasteiger partial charge is 0.444 e. The fraction of sp³-hybridized carbons (Fsp3) is 0.133. The van der Waals surface area contributed by atoms with Gasteiger partial charge in [0.1, 0.15) is 6.61 Å². The summed E-state index contributed by atoms with van der Waals surface area (Å²) in [7, 11) is 0. The minimum absolute atomic E-state index is 0.252. The van der Waals surface area contributed by atoms with E-state index in [2.05, 4.69) is 21.2 Å². The lowest BCUT2D eigenvalue weighted by molar-refractivity contribution is 0.155. The van der Waals surface area contributed by atoms with Gasteiger partial charge in [-0.25, -0.2) is 4.79 Å². The Hall–Kier alpha value is -1.46. The highest BCUT2D eigenvalue weighted by atomic mass is 79.9. The van der Waals surface area contributed by atoms with Crippen LogP contribution in [0.4, 0.5) is 10.5 Å². The van der Waals surface area contributed by atoms with Gasteiger partial charge in [-0.15, -0.1) is 11.8 Å². The van der Waals surface area contributed by atoms with Crippen LogP contribution >= 0.6 is 27.7 Å². The van der Waals surface area contributed by atoms with Crippen molar-refractivity contribution >= 4 is 39.5 Å². The number of ether oxygens (including phenoxy) is 1. The Bertz CT molecular complexity index is 569. The number of rotatable bonds is 4. The summed E-state index contributed by atoms with van der Waals surface area (Å²) in [6, 6.07) is 15.3. The summed E-state index contributed by atoms with van der Waals surface area (Å²) in [6.45, 7) is 0.252. The van der Waals surface area contributed by atoms with Gasteiger partial charge in [-0.1, -0.05) is 28.1 Å². The number of carbonyl (C=O) groups is 1. The van der Waals surface area contributed by atoms with Crippen LogP contribution in [-0.2, 0) is 11.3 Å². The molecule has 20 heavy (non-hydrogen) atoms. The number of thioether (sulfide) groups is 1. The Morgan fingerprint density at radius 1 is 1.15 bits per heavy atom. The lowest BCUT2D eigenvalue weighted by atomic mass is 10.2. The van der Waals surface area contributed by atoms with Crippen LogP contribution in [0.5, 0.6) is 0 Å². The summed E-state index contributed by atoms with van der Waals surface area (Å²) in [5.41, 5.74) is 1.67. The molecule has 0 aliphatic carbocycles. The summed E-state index contributed by atoms with van der Waals surface area (Å²) in [5.74, 6) is 0. The Balaban J connectivity index is 1.84. The first-order valence-corrected chi connectivity index (χ1v) is 8.01. The Labute approximate surface area is 130 Å². The number of amides is 1. The van der Waals surface area contributed by atoms with Crippen LogP contribution in [0, 0.1) is 0 Å². The first-order valence-electron chi connectivity index (χ1n) is 5.99. The van der Waals surface area contributed by atoms with Gasteiger partial charge in [0, 0.05) is 15.1 Å². The van der Waals surface area contributed by atoms with Crippen LogP contribution in [0.15, 0.2) is 57.9 Å². The number of hydrogen-bond donors (Lipinski definition) is 1. The van der Waals surface area contributed by atoms with Gasteiger partial charge in [0.05, 0.1) is 0 Å². The lowest BCUT2D eigenvalue weighted by Crippen LogP contribution is -2.13. The average molecular weight is 352 g/mol. The van der Waals surface area contributed by atoms with Crippen molar-refractivity contribution < 1.29 is 9.53 Å². The van der Waals surface area contributed by atoms with Crippen molar-refractivity contribution in [1.82, 2.24) is 0 Å². The van der Waals surface area contributed by atoms with Crippen LogP contribution in [0.2, 0.25) is 0 Å². The van der Waals surface area contributed by atoms with Crippen molar-refractivity contribution in [2.24, 2.45) is 0 Å². The van der Waals surface area contributed by atoms with Crippen molar-refractivity contribution in [3.05, 3.63) is 58.6 Å².